The number of rotatable bonds is 8. The number of benzene rings is 2. The molecule has 2 aromatic carbocycles. The molecular weight excluding hydrogens is 378 g/mol. The van der Waals surface area contributed by atoms with Crippen molar-refractivity contribution in [3.8, 4) is 0 Å². The Bertz CT molecular complexity index is 817. The second kappa shape index (κ2) is 10.8. The van der Waals surface area contributed by atoms with Crippen LogP contribution in [0.1, 0.15) is 31.2 Å². The molecule has 0 saturated carbocycles. The molecule has 6 nitrogen and oxygen atoms in total. The number of ether oxygens (including phenoxy) is 1. The molecule has 0 radical (unpaired) electrons. The van der Waals surface area contributed by atoms with Gasteiger partial charge in [-0.05, 0) is 36.2 Å². The number of carbonyl (C=O) groups excluding carboxylic acids is 2. The van der Waals surface area contributed by atoms with Gasteiger partial charge in [-0.15, -0.1) is 0 Å². The van der Waals surface area contributed by atoms with Gasteiger partial charge in [0.2, 0.25) is 11.8 Å². The Hall–Kier alpha value is -2.86. The van der Waals surface area contributed by atoms with Crippen LogP contribution in [0.25, 0.3) is 0 Å². The molecule has 1 saturated heterocycles. The molecule has 0 spiro atoms. The third kappa shape index (κ3) is 5.83. The van der Waals surface area contributed by atoms with Gasteiger partial charge in [0, 0.05) is 31.5 Å². The van der Waals surface area contributed by atoms with E-state index in [-0.39, 0.29) is 24.3 Å². The molecule has 3 rings (SSSR count). The van der Waals surface area contributed by atoms with E-state index in [0.29, 0.717) is 0 Å². The first-order valence-corrected chi connectivity index (χ1v) is 10.6. The summed E-state index contributed by atoms with van der Waals surface area (Å²) >= 11 is 0. The van der Waals surface area contributed by atoms with Gasteiger partial charge in [0.1, 0.15) is 0 Å². The predicted octanol–water partition coefficient (Wildman–Crippen LogP) is 3.50. The van der Waals surface area contributed by atoms with Crippen LogP contribution in [0.3, 0.4) is 0 Å². The highest BCUT2D eigenvalue weighted by atomic mass is 16.5. The number of morpholine rings is 1. The summed E-state index contributed by atoms with van der Waals surface area (Å²) < 4.78 is 5.38. The van der Waals surface area contributed by atoms with Crippen LogP contribution in [-0.4, -0.2) is 56.6 Å². The van der Waals surface area contributed by atoms with Crippen LogP contribution in [0.15, 0.2) is 54.6 Å². The maximum absolute atomic E-state index is 13.0. The van der Waals surface area contributed by atoms with E-state index in [1.165, 1.54) is 4.90 Å². The van der Waals surface area contributed by atoms with E-state index in [2.05, 4.69) is 17.1 Å². The van der Waals surface area contributed by atoms with Crippen LogP contribution in [0, 0.1) is 0 Å². The van der Waals surface area contributed by atoms with Crippen LogP contribution in [0.5, 0.6) is 0 Å². The molecule has 6 heteroatoms. The number of anilines is 2. The first-order valence-electron chi connectivity index (χ1n) is 10.6. The molecular formula is C24H31N3O3. The molecule has 0 bridgehead atoms. The van der Waals surface area contributed by atoms with Gasteiger partial charge in [-0.2, -0.15) is 0 Å². The lowest BCUT2D eigenvalue weighted by Gasteiger charge is -2.29. The first kappa shape index (κ1) is 21.8. The molecule has 160 valence electrons. The summed E-state index contributed by atoms with van der Waals surface area (Å²) in [7, 11) is 1.69. The van der Waals surface area contributed by atoms with E-state index in [1.54, 1.807) is 7.05 Å². The fourth-order valence-electron chi connectivity index (χ4n) is 3.74. The van der Waals surface area contributed by atoms with E-state index in [9.17, 15) is 9.59 Å². The Morgan fingerprint density at radius 1 is 1.07 bits per heavy atom. The smallest absolute Gasteiger partial charge is 0.243 e. The average molecular weight is 410 g/mol. The van der Waals surface area contributed by atoms with Gasteiger partial charge in [0.15, 0.2) is 0 Å². The number of amides is 2. The summed E-state index contributed by atoms with van der Waals surface area (Å²) in [5.74, 6) is -0.448. The predicted molar refractivity (Wildman–Crippen MR) is 120 cm³/mol. The highest BCUT2D eigenvalue weighted by Crippen LogP contribution is 2.23. The maximum atomic E-state index is 13.0. The summed E-state index contributed by atoms with van der Waals surface area (Å²) in [5.41, 5.74) is 2.84. The van der Waals surface area contributed by atoms with Gasteiger partial charge >= 0.3 is 0 Å². The molecule has 1 fully saturated rings. The zero-order valence-electron chi connectivity index (χ0n) is 17.8. The highest BCUT2D eigenvalue weighted by molar-refractivity contribution is 5.95. The monoisotopic (exact) mass is 409 g/mol. The van der Waals surface area contributed by atoms with E-state index >= 15 is 0 Å². The topological polar surface area (TPSA) is 61.9 Å². The lowest BCUT2D eigenvalue weighted by molar-refractivity contribution is -0.134. The number of nitrogens with one attached hydrogen (secondary N) is 1. The molecule has 30 heavy (non-hydrogen) atoms. The normalized spacial score (nSPS) is 14.8. The largest absolute Gasteiger partial charge is 0.378 e. The van der Waals surface area contributed by atoms with Gasteiger partial charge in [0.25, 0.3) is 0 Å². The molecule has 2 aromatic rings. The Morgan fingerprint density at radius 3 is 2.37 bits per heavy atom. The summed E-state index contributed by atoms with van der Waals surface area (Å²) in [6.45, 7) is 5.31. The van der Waals surface area contributed by atoms with Crippen molar-refractivity contribution in [2.45, 2.75) is 25.7 Å². The van der Waals surface area contributed by atoms with Crippen molar-refractivity contribution >= 4 is 23.2 Å². The maximum Gasteiger partial charge on any atom is 0.243 e. The van der Waals surface area contributed by atoms with Gasteiger partial charge < -0.3 is 19.9 Å². The Morgan fingerprint density at radius 2 is 1.73 bits per heavy atom. The number of hydrogen-bond acceptors (Lipinski definition) is 4. The second-order valence-electron chi connectivity index (χ2n) is 7.64. The van der Waals surface area contributed by atoms with Crippen LogP contribution in [-0.2, 0) is 14.3 Å². The van der Waals surface area contributed by atoms with Crippen LogP contribution < -0.4 is 10.2 Å². The van der Waals surface area contributed by atoms with E-state index in [0.717, 1.165) is 56.1 Å². The minimum Gasteiger partial charge on any atom is -0.378 e. The molecule has 0 aromatic heterocycles. The fraction of sp³-hybridized carbons (Fsp3) is 0.417. The summed E-state index contributed by atoms with van der Waals surface area (Å²) in [6.07, 6.45) is 1.67. The van der Waals surface area contributed by atoms with Crippen molar-refractivity contribution in [2.75, 3.05) is 50.1 Å². The number of hydrogen-bond donors (Lipinski definition) is 1. The van der Waals surface area contributed by atoms with E-state index < -0.39 is 0 Å². The SMILES string of the molecule is CCC[C@H](C(=O)N(C)CC(=O)Nc1ccc(N2CCOCC2)cc1)c1ccccc1. The average Bonchev–Trinajstić information content (AvgIpc) is 2.78. The lowest BCUT2D eigenvalue weighted by atomic mass is 9.93. The summed E-state index contributed by atoms with van der Waals surface area (Å²) in [5, 5.41) is 2.89. The molecule has 0 aliphatic carbocycles. The van der Waals surface area contributed by atoms with E-state index in [1.807, 2.05) is 54.6 Å². The minimum atomic E-state index is -0.221. The van der Waals surface area contributed by atoms with Crippen LogP contribution >= 0.6 is 0 Å². The van der Waals surface area contributed by atoms with Gasteiger partial charge in [0.05, 0.1) is 25.7 Å². The fourth-order valence-corrected chi connectivity index (χ4v) is 3.74. The molecule has 1 heterocycles. The van der Waals surface area contributed by atoms with E-state index in [4.69, 9.17) is 4.74 Å². The molecule has 0 unspecified atom stereocenters. The zero-order chi connectivity index (χ0) is 21.3. The third-order valence-corrected chi connectivity index (χ3v) is 5.36. The zero-order valence-corrected chi connectivity index (χ0v) is 17.8. The quantitative estimate of drug-likeness (QED) is 0.725. The number of carbonyl (C=O) groups is 2. The van der Waals surface area contributed by atoms with Crippen molar-refractivity contribution in [2.24, 2.45) is 0 Å². The van der Waals surface area contributed by atoms with Crippen LogP contribution in [0.4, 0.5) is 11.4 Å². The van der Waals surface area contributed by atoms with Crippen molar-refractivity contribution in [3.05, 3.63) is 60.2 Å². The van der Waals surface area contributed by atoms with Crippen molar-refractivity contribution in [1.82, 2.24) is 4.90 Å². The highest BCUT2D eigenvalue weighted by Gasteiger charge is 2.24. The standard InChI is InChI=1S/C24H31N3O3/c1-3-7-22(19-8-5-4-6-9-19)24(29)26(2)18-23(28)25-20-10-12-21(13-11-20)27-14-16-30-17-15-27/h4-6,8-13,22H,3,7,14-18H2,1-2H3,(H,25,28)/t22-/m0/s1. The van der Waals surface area contributed by atoms with Gasteiger partial charge in [-0.3, -0.25) is 9.59 Å². The van der Waals surface area contributed by atoms with Crippen molar-refractivity contribution < 1.29 is 14.3 Å². The Kier molecular flexibility index (Phi) is 7.85. The third-order valence-electron chi connectivity index (χ3n) is 5.36. The lowest BCUT2D eigenvalue weighted by Crippen LogP contribution is -2.38. The number of likely N-dealkylation sites (N-methyl/N-ethyl adjacent to an activating group) is 1. The van der Waals surface area contributed by atoms with Crippen molar-refractivity contribution in [3.63, 3.8) is 0 Å². The summed E-state index contributed by atoms with van der Waals surface area (Å²) in [4.78, 5) is 29.3. The molecule has 1 aliphatic heterocycles. The molecule has 2 amide bonds. The molecule has 1 N–H and O–H groups in total. The summed E-state index contributed by atoms with van der Waals surface area (Å²) in [6, 6.07) is 17.6. The molecule has 1 aliphatic rings. The Balaban J connectivity index is 1.56. The second-order valence-corrected chi connectivity index (χ2v) is 7.64. The van der Waals surface area contributed by atoms with Gasteiger partial charge in [-0.25, -0.2) is 0 Å². The number of nitrogens with zero attached hydrogens (tertiary/aromatic N) is 2. The van der Waals surface area contributed by atoms with Gasteiger partial charge in [-0.1, -0.05) is 43.7 Å². The van der Waals surface area contributed by atoms with Crippen molar-refractivity contribution in [1.29, 1.82) is 0 Å². The minimum absolute atomic E-state index is 0.0249. The van der Waals surface area contributed by atoms with Crippen LogP contribution in [0.2, 0.25) is 0 Å². The first-order chi connectivity index (χ1) is 14.6. The molecule has 1 atom stereocenters. The Labute approximate surface area is 178 Å².